The second kappa shape index (κ2) is 11.2. The van der Waals surface area contributed by atoms with Gasteiger partial charge in [-0.25, -0.2) is 4.79 Å². The number of rotatable bonds is 7. The summed E-state index contributed by atoms with van der Waals surface area (Å²) >= 11 is 2.25. The molecule has 0 radical (unpaired) electrons. The minimum Gasteiger partial charge on any atom is -0.493 e. The van der Waals surface area contributed by atoms with Crippen molar-refractivity contribution in [2.24, 2.45) is 0 Å². The van der Waals surface area contributed by atoms with Gasteiger partial charge in [-0.3, -0.25) is 4.79 Å². The lowest BCUT2D eigenvalue weighted by Gasteiger charge is -2.19. The number of aryl methyl sites for hydroxylation is 1. The molecule has 36 heavy (non-hydrogen) atoms. The Morgan fingerprint density at radius 2 is 1.67 bits per heavy atom. The summed E-state index contributed by atoms with van der Waals surface area (Å²) in [7, 11) is 6.12. The molecule has 0 amide bonds. The molecule has 1 atom stereocenters. The van der Waals surface area contributed by atoms with Crippen LogP contribution in [0.5, 0.6) is 23.0 Å². The maximum atomic E-state index is 13.2. The van der Waals surface area contributed by atoms with E-state index in [4.69, 9.17) is 23.7 Å². The van der Waals surface area contributed by atoms with Gasteiger partial charge in [0.05, 0.1) is 34.0 Å². The molecule has 3 aromatic rings. The Balaban J connectivity index is 1.91. The molecular formula is C28H27IO7. The first-order valence-electron chi connectivity index (χ1n) is 11.4. The molecule has 0 saturated heterocycles. The Morgan fingerprint density at radius 1 is 0.917 bits per heavy atom. The molecule has 0 aliphatic heterocycles. The van der Waals surface area contributed by atoms with Crippen LogP contribution in [0.2, 0.25) is 0 Å². The lowest BCUT2D eigenvalue weighted by molar-refractivity contribution is 0.0280. The summed E-state index contributed by atoms with van der Waals surface area (Å²) in [5.41, 5.74) is 4.14. The highest BCUT2D eigenvalue weighted by atomic mass is 127. The molecular weight excluding hydrogens is 575 g/mol. The van der Waals surface area contributed by atoms with Gasteiger partial charge in [0, 0.05) is 15.6 Å². The number of hydrogen-bond donors (Lipinski definition) is 0. The van der Waals surface area contributed by atoms with Gasteiger partial charge < -0.3 is 23.7 Å². The van der Waals surface area contributed by atoms with Crippen LogP contribution in [-0.4, -0.2) is 34.4 Å². The van der Waals surface area contributed by atoms with Crippen LogP contribution in [0.1, 0.15) is 39.6 Å². The van der Waals surface area contributed by atoms with Crippen LogP contribution < -0.4 is 24.4 Å². The van der Waals surface area contributed by atoms with E-state index in [1.807, 2.05) is 24.3 Å². The molecule has 0 spiro atoms. The van der Waals surface area contributed by atoms with Gasteiger partial charge >= 0.3 is 5.97 Å². The predicted octanol–water partition coefficient (Wildman–Crippen LogP) is 5.53. The minimum atomic E-state index is -0.672. The summed E-state index contributed by atoms with van der Waals surface area (Å²) in [6, 6.07) is 14.2. The largest absolute Gasteiger partial charge is 0.493 e. The number of ether oxygens (including phenoxy) is 5. The maximum absolute atomic E-state index is 13.2. The third-order valence-corrected chi connectivity index (χ3v) is 7.11. The summed E-state index contributed by atoms with van der Waals surface area (Å²) in [5.74, 6) is 1.19. The van der Waals surface area contributed by atoms with Crippen LogP contribution in [0.25, 0.3) is 11.1 Å². The van der Waals surface area contributed by atoms with E-state index < -0.39 is 12.1 Å². The number of benzene rings is 2. The molecule has 1 unspecified atom stereocenters. The third kappa shape index (κ3) is 4.86. The number of methoxy groups -OCH3 is 4. The number of carbonyl (C=O) groups is 1. The highest BCUT2D eigenvalue weighted by Gasteiger charge is 2.31. The summed E-state index contributed by atoms with van der Waals surface area (Å²) in [6.07, 6.45) is 0.346. The normalized spacial score (nSPS) is 14.1. The van der Waals surface area contributed by atoms with Crippen LogP contribution in [0.4, 0.5) is 0 Å². The first kappa shape index (κ1) is 25.8. The van der Waals surface area contributed by atoms with Crippen molar-refractivity contribution in [3.8, 4) is 34.1 Å². The van der Waals surface area contributed by atoms with E-state index in [2.05, 4.69) is 22.6 Å². The Hall–Kier alpha value is -3.27. The number of fused-ring (bicyclic) bond motifs is 3. The molecule has 3 aromatic carbocycles. The Morgan fingerprint density at radius 3 is 2.33 bits per heavy atom. The zero-order valence-electron chi connectivity index (χ0n) is 20.6. The number of halogens is 1. The van der Waals surface area contributed by atoms with Gasteiger partial charge in [-0.2, -0.15) is 0 Å². The quantitative estimate of drug-likeness (QED) is 0.200. The maximum Gasteiger partial charge on any atom is 0.338 e. The Kier molecular flexibility index (Phi) is 8.03. The van der Waals surface area contributed by atoms with Crippen LogP contribution in [-0.2, 0) is 15.6 Å². The van der Waals surface area contributed by atoms with E-state index in [9.17, 15) is 9.59 Å². The van der Waals surface area contributed by atoms with E-state index in [-0.39, 0.29) is 11.2 Å². The first-order valence-corrected chi connectivity index (χ1v) is 12.9. The fourth-order valence-electron chi connectivity index (χ4n) is 4.53. The van der Waals surface area contributed by atoms with E-state index in [0.717, 1.165) is 21.1 Å². The molecule has 0 fully saturated rings. The smallest absolute Gasteiger partial charge is 0.338 e. The highest BCUT2D eigenvalue weighted by Crippen LogP contribution is 2.50. The zero-order valence-corrected chi connectivity index (χ0v) is 22.7. The molecule has 8 heteroatoms. The molecule has 0 heterocycles. The molecule has 7 nitrogen and oxygen atoms in total. The summed E-state index contributed by atoms with van der Waals surface area (Å²) in [4.78, 5) is 26.2. The van der Waals surface area contributed by atoms with E-state index in [1.165, 1.54) is 13.2 Å². The van der Waals surface area contributed by atoms with Crippen LogP contribution >= 0.6 is 22.6 Å². The van der Waals surface area contributed by atoms with Crippen molar-refractivity contribution in [2.45, 2.75) is 23.4 Å². The van der Waals surface area contributed by atoms with Crippen molar-refractivity contribution < 1.29 is 28.5 Å². The second-order valence-electron chi connectivity index (χ2n) is 8.23. The molecule has 188 valence electrons. The Bertz CT molecular complexity index is 1350. The fourth-order valence-corrected chi connectivity index (χ4v) is 5.01. The van der Waals surface area contributed by atoms with Crippen LogP contribution in [0.3, 0.4) is 0 Å². The monoisotopic (exact) mass is 602 g/mol. The zero-order chi connectivity index (χ0) is 25.8. The van der Waals surface area contributed by atoms with Gasteiger partial charge in [-0.05, 0) is 65.9 Å². The van der Waals surface area contributed by atoms with Gasteiger partial charge in [0.2, 0.25) is 11.2 Å². The van der Waals surface area contributed by atoms with Gasteiger partial charge in [0.1, 0.15) is 6.10 Å². The highest BCUT2D eigenvalue weighted by molar-refractivity contribution is 14.1. The molecule has 0 saturated carbocycles. The van der Waals surface area contributed by atoms with Gasteiger partial charge in [-0.15, -0.1) is 0 Å². The SMILES string of the molecule is COc1cc2c(c(OC)c1OC)-c1ccc(OC)c(=O)cc1C(OC(=O)c1cccc(CI)c1)CC2. The van der Waals surface area contributed by atoms with Crippen LogP contribution in [0.15, 0.2) is 53.3 Å². The molecule has 1 aliphatic rings. The van der Waals surface area contributed by atoms with Crippen molar-refractivity contribution in [2.75, 3.05) is 28.4 Å². The van der Waals surface area contributed by atoms with Crippen molar-refractivity contribution in [3.63, 3.8) is 0 Å². The summed E-state index contributed by atoms with van der Waals surface area (Å²) in [5, 5.41) is 0. The molecule has 0 aromatic heterocycles. The second-order valence-corrected chi connectivity index (χ2v) is 8.99. The van der Waals surface area contributed by atoms with E-state index in [0.29, 0.717) is 46.8 Å². The van der Waals surface area contributed by atoms with E-state index in [1.54, 1.807) is 39.5 Å². The number of esters is 1. The van der Waals surface area contributed by atoms with Gasteiger partial charge in [0.15, 0.2) is 17.2 Å². The average molecular weight is 602 g/mol. The average Bonchev–Trinajstić information content (AvgIpc) is 3.15. The lowest BCUT2D eigenvalue weighted by atomic mass is 9.96. The number of carbonyl (C=O) groups excluding carboxylic acids is 1. The van der Waals surface area contributed by atoms with Crippen molar-refractivity contribution >= 4 is 28.6 Å². The first-order chi connectivity index (χ1) is 17.4. The predicted molar refractivity (Wildman–Crippen MR) is 145 cm³/mol. The molecule has 4 rings (SSSR count). The fraction of sp³-hybridized carbons (Fsp3) is 0.286. The topological polar surface area (TPSA) is 80.3 Å². The summed E-state index contributed by atoms with van der Waals surface area (Å²) in [6.45, 7) is 0. The number of alkyl halides is 1. The molecule has 0 bridgehead atoms. The third-order valence-electron chi connectivity index (χ3n) is 6.23. The van der Waals surface area contributed by atoms with E-state index >= 15 is 0 Å². The van der Waals surface area contributed by atoms with Gasteiger partial charge in [-0.1, -0.05) is 34.7 Å². The minimum absolute atomic E-state index is 0.184. The standard InChI is InChI=1S/C28H27IO7/c1-32-23-11-9-19-20(14-21(23)30)22(36-28(31)18-7-5-6-16(12-18)15-29)10-8-17-13-24(33-2)26(34-3)27(35-4)25(17)19/h5-7,9,11-14,22H,8,10,15H2,1-4H3. The Labute approximate surface area is 223 Å². The lowest BCUT2D eigenvalue weighted by Crippen LogP contribution is -2.13. The van der Waals surface area contributed by atoms with Crippen molar-refractivity contribution in [3.05, 3.63) is 81.0 Å². The summed E-state index contributed by atoms with van der Waals surface area (Å²) < 4.78 is 29.1. The van der Waals surface area contributed by atoms with Crippen LogP contribution in [0, 0.1) is 0 Å². The van der Waals surface area contributed by atoms with Crippen molar-refractivity contribution in [1.82, 2.24) is 0 Å². The van der Waals surface area contributed by atoms with Crippen molar-refractivity contribution in [1.29, 1.82) is 0 Å². The number of hydrogen-bond acceptors (Lipinski definition) is 7. The molecule has 1 aliphatic carbocycles. The van der Waals surface area contributed by atoms with Gasteiger partial charge in [0.25, 0.3) is 0 Å². The molecule has 0 N–H and O–H groups in total.